The minimum Gasteiger partial charge on any atom is -0.449 e. The molecule has 4 heteroatoms. The lowest BCUT2D eigenvalue weighted by atomic mass is 9.69. The monoisotopic (exact) mass is 375 g/mol. The Hall–Kier alpha value is -2.88. The molecule has 1 aromatic heterocycles. The second-order valence-corrected chi connectivity index (χ2v) is 7.64. The van der Waals surface area contributed by atoms with Crippen LogP contribution in [0.25, 0.3) is 10.9 Å². The van der Waals surface area contributed by atoms with Crippen LogP contribution in [0.5, 0.6) is 0 Å². The van der Waals surface area contributed by atoms with E-state index in [1.807, 2.05) is 31.2 Å². The van der Waals surface area contributed by atoms with Crippen LogP contribution in [-0.4, -0.2) is 23.6 Å². The number of carbonyl (C=O) groups is 2. The van der Waals surface area contributed by atoms with Crippen molar-refractivity contribution < 1.29 is 14.3 Å². The van der Waals surface area contributed by atoms with Gasteiger partial charge < -0.3 is 9.53 Å². The van der Waals surface area contributed by atoms with Crippen molar-refractivity contribution in [2.24, 2.45) is 5.92 Å². The molecule has 28 heavy (non-hydrogen) atoms. The van der Waals surface area contributed by atoms with E-state index >= 15 is 0 Å². The summed E-state index contributed by atoms with van der Waals surface area (Å²) in [5.41, 5.74) is 5.25. The van der Waals surface area contributed by atoms with Gasteiger partial charge in [-0.05, 0) is 49.3 Å². The Morgan fingerprint density at radius 2 is 1.89 bits per heavy atom. The molecule has 0 N–H and O–H groups in total. The fourth-order valence-electron chi connectivity index (χ4n) is 4.68. The smallest absolute Gasteiger partial charge is 0.418 e. The Balaban J connectivity index is 1.92. The van der Waals surface area contributed by atoms with Crippen molar-refractivity contribution in [1.82, 2.24) is 4.57 Å². The molecule has 2 aromatic carbocycles. The van der Waals surface area contributed by atoms with Gasteiger partial charge in [-0.25, -0.2) is 9.36 Å². The predicted molar refractivity (Wildman–Crippen MR) is 110 cm³/mol. The third-order valence-corrected chi connectivity index (χ3v) is 6.04. The van der Waals surface area contributed by atoms with Gasteiger partial charge in [0.2, 0.25) is 0 Å². The van der Waals surface area contributed by atoms with E-state index < -0.39 is 0 Å². The van der Waals surface area contributed by atoms with Crippen molar-refractivity contribution in [2.75, 3.05) is 6.61 Å². The third kappa shape index (κ3) is 2.84. The zero-order valence-electron chi connectivity index (χ0n) is 16.5. The highest BCUT2D eigenvalue weighted by Gasteiger charge is 2.39. The Bertz CT molecular complexity index is 1030. The molecule has 0 radical (unpaired) electrons. The number of ether oxygens (including phenoxy) is 1. The van der Waals surface area contributed by atoms with Gasteiger partial charge in [-0.15, -0.1) is 0 Å². The van der Waals surface area contributed by atoms with E-state index in [1.165, 1.54) is 5.56 Å². The van der Waals surface area contributed by atoms with Crippen LogP contribution < -0.4 is 0 Å². The number of fused-ring (bicyclic) bond motifs is 3. The summed E-state index contributed by atoms with van der Waals surface area (Å²) in [5.74, 6) is -0.0668. The van der Waals surface area contributed by atoms with Crippen molar-refractivity contribution in [2.45, 2.75) is 39.0 Å². The lowest BCUT2D eigenvalue weighted by Crippen LogP contribution is -2.30. The molecule has 0 spiro atoms. The van der Waals surface area contributed by atoms with E-state index in [0.717, 1.165) is 34.0 Å². The minimum absolute atomic E-state index is 0.0214. The van der Waals surface area contributed by atoms with Crippen LogP contribution in [0.2, 0.25) is 0 Å². The number of benzene rings is 2. The van der Waals surface area contributed by atoms with E-state index in [-0.39, 0.29) is 23.8 Å². The van der Waals surface area contributed by atoms with Crippen LogP contribution in [0.4, 0.5) is 4.79 Å². The summed E-state index contributed by atoms with van der Waals surface area (Å²) < 4.78 is 7.08. The van der Waals surface area contributed by atoms with Crippen LogP contribution in [0.1, 0.15) is 48.1 Å². The fraction of sp³-hybridized carbons (Fsp3) is 0.333. The number of hydrogen-bond acceptors (Lipinski definition) is 3. The molecule has 3 atom stereocenters. The summed E-state index contributed by atoms with van der Waals surface area (Å²) in [6.45, 7) is 6.30. The summed E-state index contributed by atoms with van der Waals surface area (Å²) in [4.78, 5) is 24.9. The molecule has 0 amide bonds. The average Bonchev–Trinajstić information content (AvgIpc) is 3.03. The minimum atomic E-state index is -0.348. The van der Waals surface area contributed by atoms with E-state index in [9.17, 15) is 9.59 Å². The zero-order chi connectivity index (χ0) is 19.8. The van der Waals surface area contributed by atoms with Gasteiger partial charge >= 0.3 is 6.09 Å². The van der Waals surface area contributed by atoms with E-state index in [2.05, 4.69) is 38.1 Å². The van der Waals surface area contributed by atoms with Gasteiger partial charge in [-0.1, -0.05) is 55.0 Å². The number of carbonyl (C=O) groups excluding carboxylic acids is 2. The van der Waals surface area contributed by atoms with Gasteiger partial charge in [-0.2, -0.15) is 0 Å². The van der Waals surface area contributed by atoms with Gasteiger partial charge in [0.05, 0.1) is 12.1 Å². The van der Waals surface area contributed by atoms with Crippen LogP contribution in [0, 0.1) is 12.8 Å². The largest absolute Gasteiger partial charge is 0.449 e. The standard InChI is InChI=1S/C24H25NO3/c1-4-28-24(27)25-21-8-6-5-7-18(21)23-16(3)20(14-26)19(13-22(23)25)17-11-9-15(2)10-12-17/h5-12,14,16,19-20H,4,13H2,1-3H3/t16-,19+,20-/m1/s1. The maximum absolute atomic E-state index is 12.8. The highest BCUT2D eigenvalue weighted by Crippen LogP contribution is 2.47. The van der Waals surface area contributed by atoms with Gasteiger partial charge in [-0.3, -0.25) is 0 Å². The summed E-state index contributed by atoms with van der Waals surface area (Å²) in [6, 6.07) is 16.3. The van der Waals surface area contributed by atoms with Crippen molar-refractivity contribution in [3.63, 3.8) is 0 Å². The lowest BCUT2D eigenvalue weighted by molar-refractivity contribution is -0.112. The number of nitrogens with zero attached hydrogens (tertiary/aromatic N) is 1. The van der Waals surface area contributed by atoms with Crippen molar-refractivity contribution in [3.8, 4) is 0 Å². The van der Waals surface area contributed by atoms with E-state index in [0.29, 0.717) is 13.0 Å². The molecule has 0 saturated carbocycles. The average molecular weight is 375 g/mol. The molecule has 144 valence electrons. The first-order chi connectivity index (χ1) is 13.6. The summed E-state index contributed by atoms with van der Waals surface area (Å²) in [5, 5.41) is 1.03. The first kappa shape index (κ1) is 18.5. The summed E-state index contributed by atoms with van der Waals surface area (Å²) in [7, 11) is 0. The number of rotatable bonds is 3. The Morgan fingerprint density at radius 1 is 1.18 bits per heavy atom. The van der Waals surface area contributed by atoms with Crippen LogP contribution in [-0.2, 0) is 16.0 Å². The first-order valence-electron chi connectivity index (χ1n) is 9.88. The third-order valence-electron chi connectivity index (χ3n) is 6.04. The molecule has 0 aliphatic heterocycles. The lowest BCUT2D eigenvalue weighted by Gasteiger charge is -2.34. The second kappa shape index (κ2) is 7.27. The molecule has 1 aliphatic rings. The highest BCUT2D eigenvalue weighted by atomic mass is 16.5. The molecule has 0 bridgehead atoms. The van der Waals surface area contributed by atoms with Crippen LogP contribution in [0.15, 0.2) is 48.5 Å². The number of aldehydes is 1. The normalized spacial score (nSPS) is 21.3. The van der Waals surface area contributed by atoms with Crippen molar-refractivity contribution >= 4 is 23.3 Å². The number of para-hydroxylation sites is 1. The van der Waals surface area contributed by atoms with Crippen molar-refractivity contribution in [1.29, 1.82) is 0 Å². The number of aromatic nitrogens is 1. The van der Waals surface area contributed by atoms with Gasteiger partial charge in [0.25, 0.3) is 0 Å². The fourth-order valence-corrected chi connectivity index (χ4v) is 4.68. The molecule has 0 unspecified atom stereocenters. The maximum atomic E-state index is 12.8. The van der Waals surface area contributed by atoms with E-state index in [1.54, 1.807) is 4.57 Å². The molecular formula is C24H25NO3. The molecule has 0 fully saturated rings. The maximum Gasteiger partial charge on any atom is 0.418 e. The van der Waals surface area contributed by atoms with Crippen molar-refractivity contribution in [3.05, 3.63) is 70.9 Å². The predicted octanol–water partition coefficient (Wildman–Crippen LogP) is 5.21. The van der Waals surface area contributed by atoms with E-state index in [4.69, 9.17) is 4.74 Å². The zero-order valence-corrected chi connectivity index (χ0v) is 16.5. The van der Waals surface area contributed by atoms with Crippen LogP contribution in [0.3, 0.4) is 0 Å². The molecule has 4 rings (SSSR count). The summed E-state index contributed by atoms with van der Waals surface area (Å²) >= 11 is 0. The molecule has 1 aliphatic carbocycles. The number of hydrogen-bond donors (Lipinski definition) is 0. The first-order valence-corrected chi connectivity index (χ1v) is 9.88. The summed E-state index contributed by atoms with van der Waals surface area (Å²) in [6.07, 6.45) is 1.38. The molecule has 3 aromatic rings. The molecular weight excluding hydrogens is 350 g/mol. The Labute approximate surface area is 165 Å². The number of aryl methyl sites for hydroxylation is 1. The molecule has 4 nitrogen and oxygen atoms in total. The van der Waals surface area contributed by atoms with Gasteiger partial charge in [0.1, 0.15) is 6.29 Å². The Kier molecular flexibility index (Phi) is 4.80. The quantitative estimate of drug-likeness (QED) is 0.590. The topological polar surface area (TPSA) is 48.3 Å². The molecule has 0 saturated heterocycles. The van der Waals surface area contributed by atoms with Gasteiger partial charge in [0.15, 0.2) is 0 Å². The SMILES string of the molecule is CCOC(=O)n1c2c(c3ccccc31)[C@H](C)[C@@H](C=O)[C@H](c1ccc(C)cc1)C2. The molecule has 1 heterocycles. The van der Waals surface area contributed by atoms with Crippen LogP contribution >= 0.6 is 0 Å². The Morgan fingerprint density at radius 3 is 2.57 bits per heavy atom. The second-order valence-electron chi connectivity index (χ2n) is 7.64. The van der Waals surface area contributed by atoms with Gasteiger partial charge in [0, 0.05) is 17.0 Å². The highest BCUT2D eigenvalue weighted by molar-refractivity contribution is 5.94.